The monoisotopic (exact) mass is 297 g/mol. The Morgan fingerprint density at radius 3 is 2.68 bits per heavy atom. The fourth-order valence-corrected chi connectivity index (χ4v) is 1.97. The van der Waals surface area contributed by atoms with Gasteiger partial charge in [0.2, 0.25) is 5.88 Å². The summed E-state index contributed by atoms with van der Waals surface area (Å²) in [6.45, 7) is 0. The number of ether oxygens (including phenoxy) is 1. The molecule has 19 heavy (non-hydrogen) atoms. The summed E-state index contributed by atoms with van der Waals surface area (Å²) < 4.78 is 4.99. The number of pyridine rings is 1. The Hall–Kier alpha value is -1.78. The van der Waals surface area contributed by atoms with E-state index in [0.29, 0.717) is 21.3 Å². The number of hydrogen-bond acceptors (Lipinski definition) is 3. The summed E-state index contributed by atoms with van der Waals surface area (Å²) in [4.78, 5) is 15.2. The molecule has 0 radical (unpaired) electrons. The van der Waals surface area contributed by atoms with Crippen LogP contribution in [0, 0.1) is 0 Å². The van der Waals surface area contributed by atoms with Gasteiger partial charge in [-0.3, -0.25) is 0 Å². The molecule has 2 aromatic rings. The van der Waals surface area contributed by atoms with Crippen molar-refractivity contribution in [3.05, 3.63) is 45.9 Å². The molecule has 6 heteroatoms. The Morgan fingerprint density at radius 1 is 1.32 bits per heavy atom. The Labute approximate surface area is 119 Å². The summed E-state index contributed by atoms with van der Waals surface area (Å²) in [5, 5.41) is 9.75. The van der Waals surface area contributed by atoms with Crippen LogP contribution in [0.25, 0.3) is 11.3 Å². The summed E-state index contributed by atoms with van der Waals surface area (Å²) in [5.74, 6) is -0.869. The molecular weight excluding hydrogens is 289 g/mol. The zero-order chi connectivity index (χ0) is 14.0. The number of aromatic carboxylic acids is 1. The van der Waals surface area contributed by atoms with Crippen LogP contribution in [0.2, 0.25) is 10.0 Å². The number of carboxylic acids is 1. The summed E-state index contributed by atoms with van der Waals surface area (Å²) in [6, 6.07) is 7.82. The van der Waals surface area contributed by atoms with Crippen molar-refractivity contribution in [3.63, 3.8) is 0 Å². The van der Waals surface area contributed by atoms with Gasteiger partial charge in [-0.1, -0.05) is 35.3 Å². The molecular formula is C13H9Cl2NO3. The molecule has 0 saturated carbocycles. The second-order valence-electron chi connectivity index (χ2n) is 3.69. The van der Waals surface area contributed by atoms with Gasteiger partial charge in [0.1, 0.15) is 0 Å². The lowest BCUT2D eigenvalue weighted by Gasteiger charge is -2.08. The van der Waals surface area contributed by atoms with Gasteiger partial charge in [-0.05, 0) is 12.1 Å². The molecule has 0 aliphatic rings. The van der Waals surface area contributed by atoms with Crippen LogP contribution in [-0.4, -0.2) is 23.2 Å². The Morgan fingerprint density at radius 2 is 2.05 bits per heavy atom. The van der Waals surface area contributed by atoms with Crippen LogP contribution >= 0.6 is 23.2 Å². The zero-order valence-electron chi connectivity index (χ0n) is 9.85. The van der Waals surface area contributed by atoms with Gasteiger partial charge >= 0.3 is 5.97 Å². The Kier molecular flexibility index (Phi) is 3.93. The van der Waals surface area contributed by atoms with Gasteiger partial charge in [0, 0.05) is 11.6 Å². The lowest BCUT2D eigenvalue weighted by molar-refractivity contribution is 0.0696. The van der Waals surface area contributed by atoms with Crippen molar-refractivity contribution in [2.45, 2.75) is 0 Å². The second kappa shape index (κ2) is 5.47. The highest BCUT2D eigenvalue weighted by atomic mass is 35.5. The first-order chi connectivity index (χ1) is 9.02. The second-order valence-corrected chi connectivity index (χ2v) is 4.48. The minimum atomic E-state index is -1.07. The normalized spacial score (nSPS) is 10.3. The number of halogens is 2. The number of methoxy groups -OCH3 is 1. The average molecular weight is 298 g/mol. The third-order valence-electron chi connectivity index (χ3n) is 2.49. The minimum Gasteiger partial charge on any atom is -0.481 e. The van der Waals surface area contributed by atoms with Crippen LogP contribution in [-0.2, 0) is 0 Å². The molecule has 98 valence electrons. The maximum absolute atomic E-state index is 11.1. The predicted octanol–water partition coefficient (Wildman–Crippen LogP) is 3.76. The number of hydrogen-bond donors (Lipinski definition) is 1. The molecule has 1 aromatic heterocycles. The number of carboxylic acid groups (broad SMARTS) is 1. The van der Waals surface area contributed by atoms with E-state index in [1.807, 2.05) is 0 Å². The van der Waals surface area contributed by atoms with Crippen molar-refractivity contribution in [1.29, 1.82) is 0 Å². The number of nitrogens with zero attached hydrogens (tertiary/aromatic N) is 1. The third-order valence-corrected chi connectivity index (χ3v) is 3.30. The van der Waals surface area contributed by atoms with Crippen molar-refractivity contribution in [3.8, 4) is 17.1 Å². The lowest BCUT2D eigenvalue weighted by atomic mass is 10.1. The SMILES string of the molecule is COc1cc(C(=O)O)cc(-c2cccc(Cl)c2Cl)n1. The van der Waals surface area contributed by atoms with E-state index >= 15 is 0 Å². The Balaban J connectivity index is 2.64. The van der Waals surface area contributed by atoms with Gasteiger partial charge in [-0.25, -0.2) is 9.78 Å². The molecule has 0 saturated heterocycles. The quantitative estimate of drug-likeness (QED) is 0.937. The molecule has 0 bridgehead atoms. The fraction of sp³-hybridized carbons (Fsp3) is 0.0769. The molecule has 0 fully saturated rings. The van der Waals surface area contributed by atoms with Crippen LogP contribution in [0.3, 0.4) is 0 Å². The highest BCUT2D eigenvalue weighted by Gasteiger charge is 2.13. The summed E-state index contributed by atoms with van der Waals surface area (Å²) in [5.41, 5.74) is 1.01. The molecule has 1 N–H and O–H groups in total. The van der Waals surface area contributed by atoms with Crippen LogP contribution in [0.4, 0.5) is 0 Å². The van der Waals surface area contributed by atoms with Crippen molar-refractivity contribution in [2.24, 2.45) is 0 Å². The van der Waals surface area contributed by atoms with Crippen molar-refractivity contribution in [1.82, 2.24) is 4.98 Å². The molecule has 4 nitrogen and oxygen atoms in total. The molecule has 1 heterocycles. The molecule has 0 aliphatic carbocycles. The highest BCUT2D eigenvalue weighted by Crippen LogP contribution is 2.33. The van der Waals surface area contributed by atoms with E-state index in [9.17, 15) is 4.79 Å². The van der Waals surface area contributed by atoms with Crippen LogP contribution in [0.5, 0.6) is 5.88 Å². The van der Waals surface area contributed by atoms with E-state index in [-0.39, 0.29) is 11.4 Å². The van der Waals surface area contributed by atoms with E-state index in [2.05, 4.69) is 4.98 Å². The van der Waals surface area contributed by atoms with E-state index in [1.165, 1.54) is 19.2 Å². The summed E-state index contributed by atoms with van der Waals surface area (Å²) >= 11 is 12.0. The fourth-order valence-electron chi connectivity index (χ4n) is 1.57. The average Bonchev–Trinajstić information content (AvgIpc) is 2.41. The largest absolute Gasteiger partial charge is 0.481 e. The molecule has 1 aromatic carbocycles. The van der Waals surface area contributed by atoms with E-state index in [1.54, 1.807) is 18.2 Å². The third kappa shape index (κ3) is 2.80. The molecule has 0 unspecified atom stereocenters. The van der Waals surface area contributed by atoms with E-state index in [0.717, 1.165) is 0 Å². The maximum Gasteiger partial charge on any atom is 0.335 e. The molecule has 0 aliphatic heterocycles. The van der Waals surface area contributed by atoms with Crippen LogP contribution < -0.4 is 4.74 Å². The minimum absolute atomic E-state index is 0.0675. The number of rotatable bonds is 3. The molecule has 2 rings (SSSR count). The zero-order valence-corrected chi connectivity index (χ0v) is 11.4. The first kappa shape index (κ1) is 13.6. The van der Waals surface area contributed by atoms with Gasteiger partial charge < -0.3 is 9.84 Å². The first-order valence-corrected chi connectivity index (χ1v) is 6.02. The maximum atomic E-state index is 11.1. The van der Waals surface area contributed by atoms with Gasteiger partial charge in [-0.15, -0.1) is 0 Å². The van der Waals surface area contributed by atoms with Crippen molar-refractivity contribution in [2.75, 3.05) is 7.11 Å². The van der Waals surface area contributed by atoms with Gasteiger partial charge in [0.25, 0.3) is 0 Å². The topological polar surface area (TPSA) is 59.4 Å². The first-order valence-electron chi connectivity index (χ1n) is 5.26. The van der Waals surface area contributed by atoms with Gasteiger partial charge in [0.15, 0.2) is 0 Å². The van der Waals surface area contributed by atoms with E-state index < -0.39 is 5.97 Å². The Bertz CT molecular complexity index is 644. The van der Waals surface area contributed by atoms with Crippen LogP contribution in [0.1, 0.15) is 10.4 Å². The summed E-state index contributed by atoms with van der Waals surface area (Å²) in [6.07, 6.45) is 0. The van der Waals surface area contributed by atoms with E-state index in [4.69, 9.17) is 33.0 Å². The number of carbonyl (C=O) groups is 1. The lowest BCUT2D eigenvalue weighted by Crippen LogP contribution is -2.00. The molecule has 0 spiro atoms. The van der Waals surface area contributed by atoms with Crippen LogP contribution in [0.15, 0.2) is 30.3 Å². The predicted molar refractivity (Wildman–Crippen MR) is 73.2 cm³/mol. The van der Waals surface area contributed by atoms with Crippen molar-refractivity contribution < 1.29 is 14.6 Å². The standard InChI is InChI=1S/C13H9Cl2NO3/c1-19-11-6-7(13(17)18)5-10(16-11)8-3-2-4-9(14)12(8)15/h2-6H,1H3,(H,17,18). The smallest absolute Gasteiger partial charge is 0.335 e. The number of aromatic nitrogens is 1. The number of benzene rings is 1. The van der Waals surface area contributed by atoms with Gasteiger partial charge in [-0.2, -0.15) is 0 Å². The highest BCUT2D eigenvalue weighted by molar-refractivity contribution is 6.43. The van der Waals surface area contributed by atoms with Gasteiger partial charge in [0.05, 0.1) is 28.4 Å². The van der Waals surface area contributed by atoms with Crippen molar-refractivity contribution >= 4 is 29.2 Å². The molecule has 0 atom stereocenters. The molecule has 0 amide bonds. The summed E-state index contributed by atoms with van der Waals surface area (Å²) in [7, 11) is 1.41.